The van der Waals surface area contributed by atoms with Crippen molar-refractivity contribution in [3.05, 3.63) is 212 Å². The number of hydrogen-bond acceptors (Lipinski definition) is 5. The maximum Gasteiger partial charge on any atom is 0.135 e. The van der Waals surface area contributed by atoms with Gasteiger partial charge in [0.05, 0.1) is 11.0 Å². The van der Waals surface area contributed by atoms with Crippen molar-refractivity contribution in [2.75, 3.05) is 9.80 Å². The van der Waals surface area contributed by atoms with E-state index in [1.165, 1.54) is 38.5 Å². The SMILES string of the molecule is CC(C)(C)c1cc(N2[CH-]N(c3[c-]c(Oc4[c-]c5c(cc4)c4cc(-n6c7ccccc7c7ccccc76)ccc4n5-c4cc(C(C)(C)C)ccn4)ccc3)c3cccc(-c4cccnc4)c32)cc(C(C)(C)C)c1.[Pt]. The average Bonchev–Trinajstić information content (AvgIpc) is 4.04. The number of rotatable bonds is 7. The summed E-state index contributed by atoms with van der Waals surface area (Å²) < 4.78 is 11.4. The quantitative estimate of drug-likeness (QED) is 0.149. The molecule has 8 heteroatoms. The molecule has 1 aliphatic heterocycles. The first-order valence-corrected chi connectivity index (χ1v) is 24.9. The number of aromatic nitrogens is 4. The molecule has 0 radical (unpaired) electrons. The van der Waals surface area contributed by atoms with Gasteiger partial charge in [-0.2, -0.15) is 12.1 Å². The van der Waals surface area contributed by atoms with E-state index in [1.807, 2.05) is 42.9 Å². The Hall–Kier alpha value is -7.47. The number of nitrogens with zero attached hydrogens (tertiary/aromatic N) is 6. The summed E-state index contributed by atoms with van der Waals surface area (Å²) >= 11 is 0. The van der Waals surface area contributed by atoms with Gasteiger partial charge >= 0.3 is 0 Å². The number of ether oxygens (including phenoxy) is 1. The molecule has 0 unspecified atom stereocenters. The van der Waals surface area contributed by atoms with Crippen LogP contribution in [0.5, 0.6) is 11.5 Å². The van der Waals surface area contributed by atoms with Crippen LogP contribution in [-0.4, -0.2) is 19.1 Å². The smallest absolute Gasteiger partial charge is 0.135 e. The predicted molar refractivity (Wildman–Crippen MR) is 298 cm³/mol. The van der Waals surface area contributed by atoms with Crippen molar-refractivity contribution in [1.82, 2.24) is 19.1 Å². The molecule has 0 saturated heterocycles. The van der Waals surface area contributed by atoms with Crippen molar-refractivity contribution in [3.8, 4) is 34.1 Å². The predicted octanol–water partition coefficient (Wildman–Crippen LogP) is 17.0. The number of anilines is 4. The summed E-state index contributed by atoms with van der Waals surface area (Å²) in [5, 5.41) is 4.62. The summed E-state index contributed by atoms with van der Waals surface area (Å²) in [4.78, 5) is 14.1. The van der Waals surface area contributed by atoms with Crippen molar-refractivity contribution in [3.63, 3.8) is 0 Å². The first-order chi connectivity index (χ1) is 34.6. The van der Waals surface area contributed by atoms with Gasteiger partial charge in [-0.15, -0.1) is 48.1 Å². The third kappa shape index (κ3) is 8.48. The molecule has 0 amide bonds. The third-order valence-electron chi connectivity index (χ3n) is 14.2. The van der Waals surface area contributed by atoms with E-state index in [1.54, 1.807) is 0 Å². The maximum atomic E-state index is 6.82. The van der Waals surface area contributed by atoms with Crippen LogP contribution in [0.1, 0.15) is 79.0 Å². The molecular weight excluding hydrogens is 1080 g/mol. The molecule has 7 nitrogen and oxygen atoms in total. The Morgan fingerprint density at radius 1 is 0.493 bits per heavy atom. The fraction of sp³-hybridized carbons (Fsp3) is 0.185. The van der Waals surface area contributed by atoms with Crippen LogP contribution in [0.15, 0.2) is 176 Å². The standard InChI is InChI=1S/C65H57N6O.Pt/c1-63(2,3)43-30-32-67-61(36-43)71-58-29-26-47(70-56-23-12-10-20-52(56)53-21-11-13-24-57(53)70)38-55(58)54-28-27-50(39-60(54)71)72-49-19-14-18-46(37-49)68-41-69(48-34-44(64(4,5)6)33-45(35-48)65(7,8)9)62-51(22-15-25-59(62)68)42-17-16-31-66-40-42;/h10-36,38,40-41H,1-9H3;/q-3;. The summed E-state index contributed by atoms with van der Waals surface area (Å²) in [6, 6.07) is 63.7. The van der Waals surface area contributed by atoms with Crippen LogP contribution in [0.2, 0.25) is 0 Å². The molecule has 366 valence electrons. The molecule has 4 aromatic heterocycles. The Balaban J connectivity index is 0.00000574. The van der Waals surface area contributed by atoms with Crippen LogP contribution in [-0.2, 0) is 37.3 Å². The molecule has 73 heavy (non-hydrogen) atoms. The van der Waals surface area contributed by atoms with Gasteiger partial charge in [-0.3, -0.25) is 4.98 Å². The minimum absolute atomic E-state index is 0. The van der Waals surface area contributed by atoms with Crippen molar-refractivity contribution in [2.45, 2.75) is 78.6 Å². The zero-order chi connectivity index (χ0) is 49.7. The Morgan fingerprint density at radius 3 is 1.85 bits per heavy atom. The van der Waals surface area contributed by atoms with E-state index in [9.17, 15) is 0 Å². The molecule has 0 saturated carbocycles. The van der Waals surface area contributed by atoms with Crippen molar-refractivity contribution < 1.29 is 25.8 Å². The minimum Gasteiger partial charge on any atom is -0.509 e. The summed E-state index contributed by atoms with van der Waals surface area (Å²) in [5.74, 6) is 1.98. The molecule has 0 atom stereocenters. The Bertz CT molecular complexity index is 3820. The van der Waals surface area contributed by atoms with E-state index in [0.29, 0.717) is 11.5 Å². The van der Waals surface area contributed by atoms with E-state index in [0.717, 1.165) is 67.2 Å². The molecule has 0 N–H and O–H groups in total. The molecule has 0 aliphatic carbocycles. The molecule has 5 heterocycles. The normalized spacial score (nSPS) is 13.1. The number of para-hydroxylation sites is 3. The number of hydrogen-bond donors (Lipinski definition) is 0. The molecule has 11 aromatic rings. The Morgan fingerprint density at radius 2 is 1.16 bits per heavy atom. The first kappa shape index (κ1) is 47.8. The Kier molecular flexibility index (Phi) is 11.7. The van der Waals surface area contributed by atoms with Gasteiger partial charge < -0.3 is 23.7 Å². The molecular formula is C65H57N6OPt-3. The molecule has 12 rings (SSSR count). The molecule has 0 bridgehead atoms. The van der Waals surface area contributed by atoms with Gasteiger partial charge in [0.1, 0.15) is 5.82 Å². The molecule has 7 aromatic carbocycles. The van der Waals surface area contributed by atoms with Crippen LogP contribution in [0, 0.1) is 18.8 Å². The van der Waals surface area contributed by atoms with E-state index in [2.05, 4.69) is 238 Å². The van der Waals surface area contributed by atoms with Gasteiger partial charge in [0.2, 0.25) is 0 Å². The first-order valence-electron chi connectivity index (χ1n) is 24.9. The average molecular weight is 1130 g/mol. The minimum atomic E-state index is -0.0739. The van der Waals surface area contributed by atoms with Crippen LogP contribution >= 0.6 is 0 Å². The Labute approximate surface area is 443 Å². The van der Waals surface area contributed by atoms with Gasteiger partial charge in [0.25, 0.3) is 0 Å². The van der Waals surface area contributed by atoms with Gasteiger partial charge in [-0.1, -0.05) is 128 Å². The molecule has 0 fully saturated rings. The van der Waals surface area contributed by atoms with Crippen molar-refractivity contribution in [2.24, 2.45) is 0 Å². The topological polar surface area (TPSA) is 51.4 Å². The largest absolute Gasteiger partial charge is 0.509 e. The van der Waals surface area contributed by atoms with Crippen molar-refractivity contribution in [1.29, 1.82) is 0 Å². The van der Waals surface area contributed by atoms with Crippen LogP contribution < -0.4 is 14.5 Å². The van der Waals surface area contributed by atoms with Gasteiger partial charge in [-0.25, -0.2) is 4.98 Å². The van der Waals surface area contributed by atoms with Gasteiger partial charge in [0, 0.05) is 101 Å². The van der Waals surface area contributed by atoms with E-state index >= 15 is 0 Å². The fourth-order valence-corrected chi connectivity index (χ4v) is 10.3. The second kappa shape index (κ2) is 17.9. The van der Waals surface area contributed by atoms with Crippen LogP contribution in [0.25, 0.3) is 66.2 Å². The van der Waals surface area contributed by atoms with E-state index < -0.39 is 0 Å². The van der Waals surface area contributed by atoms with Crippen LogP contribution in [0.3, 0.4) is 0 Å². The third-order valence-corrected chi connectivity index (χ3v) is 14.2. The summed E-state index contributed by atoms with van der Waals surface area (Å²) in [7, 11) is 0. The number of pyridine rings is 2. The van der Waals surface area contributed by atoms with Crippen LogP contribution in [0.4, 0.5) is 22.7 Å². The zero-order valence-corrected chi connectivity index (χ0v) is 45.0. The van der Waals surface area contributed by atoms with E-state index in [4.69, 9.17) is 9.72 Å². The summed E-state index contributed by atoms with van der Waals surface area (Å²) in [6.07, 6.45) is 5.68. The van der Waals surface area contributed by atoms with Crippen molar-refractivity contribution >= 4 is 66.4 Å². The fourth-order valence-electron chi connectivity index (χ4n) is 10.3. The maximum absolute atomic E-state index is 6.82. The summed E-state index contributed by atoms with van der Waals surface area (Å²) in [5.41, 5.74) is 15.1. The molecule has 1 aliphatic rings. The second-order valence-electron chi connectivity index (χ2n) is 22.2. The summed E-state index contributed by atoms with van der Waals surface area (Å²) in [6.45, 7) is 22.6. The monoisotopic (exact) mass is 1130 g/mol. The number of benzene rings is 7. The van der Waals surface area contributed by atoms with E-state index in [-0.39, 0.29) is 37.3 Å². The second-order valence-corrected chi connectivity index (χ2v) is 22.2. The van der Waals surface area contributed by atoms with Gasteiger partial charge in [-0.05, 0) is 105 Å². The van der Waals surface area contributed by atoms with Gasteiger partial charge in [0.15, 0.2) is 0 Å². The number of fused-ring (bicyclic) bond motifs is 7. The molecule has 0 spiro atoms. The zero-order valence-electron chi connectivity index (χ0n) is 42.7.